The number of nitrogens with one attached hydrogen (secondary N) is 1. The van der Waals surface area contributed by atoms with E-state index >= 15 is 0 Å². The summed E-state index contributed by atoms with van der Waals surface area (Å²) in [6.07, 6.45) is 0.450. The van der Waals surface area contributed by atoms with Gasteiger partial charge in [-0.05, 0) is 45.2 Å². The molecule has 1 aromatic heterocycles. The van der Waals surface area contributed by atoms with Crippen molar-refractivity contribution in [1.29, 1.82) is 0 Å². The normalized spacial score (nSPS) is 25.3. The lowest BCUT2D eigenvalue weighted by atomic mass is 9.90. The van der Waals surface area contributed by atoms with E-state index in [-0.39, 0.29) is 12.1 Å². The number of halogens is 2. The van der Waals surface area contributed by atoms with Crippen molar-refractivity contribution >= 4 is 40.2 Å². The maximum absolute atomic E-state index is 10.0. The number of anilines is 1. The molecule has 1 fully saturated rings. The first-order valence-corrected chi connectivity index (χ1v) is 8.62. The smallest absolute Gasteiger partial charge is 0.204 e. The van der Waals surface area contributed by atoms with E-state index in [1.54, 1.807) is 6.07 Å². The third kappa shape index (κ3) is 3.29. The minimum Gasteiger partial charge on any atom is -0.390 e. The molecule has 0 radical (unpaired) electrons. The third-order valence-corrected chi connectivity index (χ3v) is 4.99. The van der Waals surface area contributed by atoms with Gasteiger partial charge in [0, 0.05) is 12.1 Å². The van der Waals surface area contributed by atoms with Gasteiger partial charge in [-0.3, -0.25) is 0 Å². The highest BCUT2D eigenvalue weighted by Gasteiger charge is 2.31. The van der Waals surface area contributed by atoms with Crippen molar-refractivity contribution in [3.05, 3.63) is 22.2 Å². The molecule has 126 valence electrons. The standard InChI is InChI=1S/C16H21Cl2N3O2/c1-8(2)19-16-20-12-6-10(17)11(18)7-13(12)21(16)9-3-4-14(22)15(23)5-9/h6-9,14-15,22-23H,3-5H2,1-2H3,(H,19,20). The number of aliphatic hydroxyl groups is 2. The van der Waals surface area contributed by atoms with Gasteiger partial charge in [0.2, 0.25) is 5.95 Å². The Morgan fingerprint density at radius 1 is 1.17 bits per heavy atom. The first kappa shape index (κ1) is 16.8. The van der Waals surface area contributed by atoms with Crippen LogP contribution in [-0.4, -0.2) is 38.0 Å². The summed E-state index contributed by atoms with van der Waals surface area (Å²) in [5, 5.41) is 24.1. The average molecular weight is 358 g/mol. The summed E-state index contributed by atoms with van der Waals surface area (Å²) < 4.78 is 2.08. The monoisotopic (exact) mass is 357 g/mol. The molecule has 2 aromatic rings. The molecular formula is C16H21Cl2N3O2. The summed E-state index contributed by atoms with van der Waals surface area (Å²) in [4.78, 5) is 4.64. The molecule has 1 heterocycles. The van der Waals surface area contributed by atoms with Crippen LogP contribution in [0.4, 0.5) is 5.95 Å². The molecule has 3 unspecified atom stereocenters. The Morgan fingerprint density at radius 3 is 2.52 bits per heavy atom. The van der Waals surface area contributed by atoms with Crippen molar-refractivity contribution in [2.75, 3.05) is 5.32 Å². The Balaban J connectivity index is 2.10. The number of aliphatic hydroxyl groups excluding tert-OH is 2. The largest absolute Gasteiger partial charge is 0.390 e. The Labute approximate surface area is 145 Å². The van der Waals surface area contributed by atoms with Gasteiger partial charge in [-0.1, -0.05) is 23.2 Å². The molecule has 0 bridgehead atoms. The predicted molar refractivity (Wildman–Crippen MR) is 93.4 cm³/mol. The minimum absolute atomic E-state index is 0.0527. The highest BCUT2D eigenvalue weighted by atomic mass is 35.5. The fourth-order valence-electron chi connectivity index (χ4n) is 3.16. The predicted octanol–water partition coefficient (Wildman–Crippen LogP) is 3.61. The third-order valence-electron chi connectivity index (χ3n) is 4.27. The lowest BCUT2D eigenvalue weighted by molar-refractivity contribution is -0.0223. The zero-order valence-electron chi connectivity index (χ0n) is 13.1. The number of aromatic nitrogens is 2. The molecule has 0 spiro atoms. The second kappa shape index (κ2) is 6.48. The summed E-state index contributed by atoms with van der Waals surface area (Å²) >= 11 is 12.3. The van der Waals surface area contributed by atoms with Crippen LogP contribution in [0, 0.1) is 0 Å². The van der Waals surface area contributed by atoms with E-state index in [2.05, 4.69) is 14.9 Å². The van der Waals surface area contributed by atoms with Crippen LogP contribution in [0.3, 0.4) is 0 Å². The number of hydrogen-bond acceptors (Lipinski definition) is 4. The Hall–Kier alpha value is -1.01. The van der Waals surface area contributed by atoms with Crippen LogP contribution in [0.5, 0.6) is 0 Å². The molecule has 23 heavy (non-hydrogen) atoms. The molecule has 1 aliphatic carbocycles. The SMILES string of the molecule is CC(C)Nc1nc2cc(Cl)c(Cl)cc2n1C1CCC(O)C(O)C1. The molecule has 1 saturated carbocycles. The number of imidazole rings is 1. The molecule has 1 aliphatic rings. The second-order valence-corrected chi connectivity index (χ2v) is 7.28. The summed E-state index contributed by atoms with van der Waals surface area (Å²) in [5.41, 5.74) is 1.65. The van der Waals surface area contributed by atoms with Crippen molar-refractivity contribution in [3.63, 3.8) is 0 Å². The number of nitrogens with zero attached hydrogens (tertiary/aromatic N) is 2. The maximum atomic E-state index is 10.0. The molecule has 0 saturated heterocycles. The Kier molecular flexibility index (Phi) is 4.74. The van der Waals surface area contributed by atoms with Crippen molar-refractivity contribution in [1.82, 2.24) is 9.55 Å². The van der Waals surface area contributed by atoms with Gasteiger partial charge < -0.3 is 20.1 Å². The van der Waals surface area contributed by atoms with Gasteiger partial charge in [0.1, 0.15) is 0 Å². The number of fused-ring (bicyclic) bond motifs is 1. The van der Waals surface area contributed by atoms with E-state index in [4.69, 9.17) is 23.2 Å². The molecule has 3 atom stereocenters. The summed E-state index contributed by atoms with van der Waals surface area (Å²) in [5.74, 6) is 0.738. The average Bonchev–Trinajstić information content (AvgIpc) is 2.79. The molecular weight excluding hydrogens is 337 g/mol. The minimum atomic E-state index is -0.721. The van der Waals surface area contributed by atoms with Gasteiger partial charge in [0.05, 0.1) is 33.3 Å². The van der Waals surface area contributed by atoms with Crippen LogP contribution in [0.1, 0.15) is 39.2 Å². The zero-order valence-corrected chi connectivity index (χ0v) is 14.6. The van der Waals surface area contributed by atoms with E-state index in [0.717, 1.165) is 23.4 Å². The van der Waals surface area contributed by atoms with E-state index in [9.17, 15) is 10.2 Å². The second-order valence-electron chi connectivity index (χ2n) is 6.46. The summed E-state index contributed by atoms with van der Waals surface area (Å²) in [6, 6.07) is 3.84. The van der Waals surface area contributed by atoms with Gasteiger partial charge in [-0.2, -0.15) is 0 Å². The van der Waals surface area contributed by atoms with Crippen molar-refractivity contribution < 1.29 is 10.2 Å². The lowest BCUT2D eigenvalue weighted by Gasteiger charge is -2.32. The van der Waals surface area contributed by atoms with Crippen molar-refractivity contribution in [3.8, 4) is 0 Å². The van der Waals surface area contributed by atoms with E-state index < -0.39 is 12.2 Å². The van der Waals surface area contributed by atoms with Crippen LogP contribution in [0.15, 0.2) is 12.1 Å². The molecule has 3 N–H and O–H groups in total. The Morgan fingerprint density at radius 2 is 1.87 bits per heavy atom. The number of benzene rings is 1. The van der Waals surface area contributed by atoms with Crippen LogP contribution in [0.2, 0.25) is 10.0 Å². The molecule has 0 aliphatic heterocycles. The first-order chi connectivity index (χ1) is 10.9. The van der Waals surface area contributed by atoms with Crippen LogP contribution < -0.4 is 5.32 Å². The van der Waals surface area contributed by atoms with Crippen LogP contribution in [0.25, 0.3) is 11.0 Å². The molecule has 0 amide bonds. The van der Waals surface area contributed by atoms with Crippen LogP contribution >= 0.6 is 23.2 Å². The van der Waals surface area contributed by atoms with E-state index in [1.165, 1.54) is 0 Å². The lowest BCUT2D eigenvalue weighted by Crippen LogP contribution is -2.35. The van der Waals surface area contributed by atoms with E-state index in [1.807, 2.05) is 19.9 Å². The maximum Gasteiger partial charge on any atom is 0.204 e. The van der Waals surface area contributed by atoms with Crippen molar-refractivity contribution in [2.45, 2.75) is 57.4 Å². The topological polar surface area (TPSA) is 70.3 Å². The Bertz CT molecular complexity index is 717. The van der Waals surface area contributed by atoms with E-state index in [0.29, 0.717) is 22.9 Å². The van der Waals surface area contributed by atoms with Gasteiger partial charge >= 0.3 is 0 Å². The van der Waals surface area contributed by atoms with Gasteiger partial charge in [0.25, 0.3) is 0 Å². The summed E-state index contributed by atoms with van der Waals surface area (Å²) in [6.45, 7) is 4.09. The zero-order chi connectivity index (χ0) is 16.7. The molecule has 3 rings (SSSR count). The van der Waals surface area contributed by atoms with Gasteiger partial charge in [-0.15, -0.1) is 0 Å². The highest BCUT2D eigenvalue weighted by Crippen LogP contribution is 2.37. The number of rotatable bonds is 3. The fraction of sp³-hybridized carbons (Fsp3) is 0.562. The molecule has 5 nitrogen and oxygen atoms in total. The van der Waals surface area contributed by atoms with Gasteiger partial charge in [0.15, 0.2) is 0 Å². The van der Waals surface area contributed by atoms with Crippen molar-refractivity contribution in [2.24, 2.45) is 0 Å². The quantitative estimate of drug-likeness (QED) is 0.784. The van der Waals surface area contributed by atoms with Crippen LogP contribution in [-0.2, 0) is 0 Å². The number of hydrogen-bond donors (Lipinski definition) is 3. The first-order valence-electron chi connectivity index (χ1n) is 7.86. The summed E-state index contributed by atoms with van der Waals surface area (Å²) in [7, 11) is 0. The molecule has 7 heteroatoms. The van der Waals surface area contributed by atoms with Gasteiger partial charge in [-0.25, -0.2) is 4.98 Å². The molecule has 1 aromatic carbocycles. The highest BCUT2D eigenvalue weighted by molar-refractivity contribution is 6.42. The fourth-order valence-corrected chi connectivity index (χ4v) is 3.48.